The maximum Gasteiger partial charge on any atom is 0.411 e. The minimum Gasteiger partial charge on any atom is -0.445 e. The van der Waals surface area contributed by atoms with Crippen LogP contribution in [0.15, 0.2) is 30.3 Å². The van der Waals surface area contributed by atoms with Gasteiger partial charge in [-0.25, -0.2) is 9.59 Å². The standard InChI is InChI=1S/C21H31N3O4/c1-20(2,3)28-19(26)24-17-10-11-21(24,14-22-12-17)15-23(4)18(25)27-13-16-8-6-5-7-9-16/h5-9,17,22H,10-15H2,1-4H3. The summed E-state index contributed by atoms with van der Waals surface area (Å²) in [5.41, 5.74) is -0.0763. The molecular formula is C21H31N3O4. The first-order chi connectivity index (χ1) is 13.2. The second-order valence-electron chi connectivity index (χ2n) is 8.79. The second kappa shape index (κ2) is 7.99. The molecule has 2 fully saturated rings. The molecule has 2 unspecified atom stereocenters. The summed E-state index contributed by atoms with van der Waals surface area (Å²) in [5, 5.41) is 3.41. The Morgan fingerprint density at radius 3 is 2.68 bits per heavy atom. The van der Waals surface area contributed by atoms with Gasteiger partial charge in [-0.3, -0.25) is 4.90 Å². The van der Waals surface area contributed by atoms with Crippen LogP contribution in [0.25, 0.3) is 0 Å². The van der Waals surface area contributed by atoms with Crippen LogP contribution in [-0.2, 0) is 16.1 Å². The number of ether oxygens (including phenoxy) is 2. The van der Waals surface area contributed by atoms with Gasteiger partial charge < -0.3 is 19.7 Å². The molecule has 2 amide bonds. The molecule has 0 spiro atoms. The number of carbonyl (C=O) groups is 2. The molecule has 2 heterocycles. The van der Waals surface area contributed by atoms with Crippen molar-refractivity contribution >= 4 is 12.2 Å². The zero-order valence-electron chi connectivity index (χ0n) is 17.2. The molecule has 2 aliphatic heterocycles. The van der Waals surface area contributed by atoms with E-state index in [0.29, 0.717) is 13.1 Å². The zero-order valence-corrected chi connectivity index (χ0v) is 17.2. The first kappa shape index (κ1) is 20.5. The average molecular weight is 389 g/mol. The minimum absolute atomic E-state index is 0.0948. The molecule has 0 radical (unpaired) electrons. The summed E-state index contributed by atoms with van der Waals surface area (Å²) in [6, 6.07) is 9.69. The molecule has 2 saturated heterocycles. The van der Waals surface area contributed by atoms with Crippen molar-refractivity contribution in [2.75, 3.05) is 26.7 Å². The lowest BCUT2D eigenvalue weighted by Crippen LogP contribution is -2.66. The monoisotopic (exact) mass is 389 g/mol. The van der Waals surface area contributed by atoms with E-state index in [2.05, 4.69) is 5.32 Å². The number of nitrogens with zero attached hydrogens (tertiary/aromatic N) is 2. The number of benzene rings is 1. The van der Waals surface area contributed by atoms with Crippen molar-refractivity contribution in [3.8, 4) is 0 Å². The maximum atomic E-state index is 12.9. The third-order valence-electron chi connectivity index (χ3n) is 5.29. The normalized spacial score (nSPS) is 24.0. The molecule has 1 aromatic carbocycles. The smallest absolute Gasteiger partial charge is 0.411 e. The molecule has 1 aromatic rings. The van der Waals surface area contributed by atoms with E-state index >= 15 is 0 Å². The van der Waals surface area contributed by atoms with Crippen molar-refractivity contribution in [1.82, 2.24) is 15.1 Å². The van der Waals surface area contributed by atoms with Gasteiger partial charge in [0.15, 0.2) is 0 Å². The average Bonchev–Trinajstić information content (AvgIpc) is 2.85. The number of rotatable bonds is 4. The van der Waals surface area contributed by atoms with E-state index in [1.807, 2.05) is 56.0 Å². The molecule has 0 aliphatic carbocycles. The van der Waals surface area contributed by atoms with Crippen LogP contribution in [0, 0.1) is 0 Å². The molecule has 0 aromatic heterocycles. The van der Waals surface area contributed by atoms with Gasteiger partial charge >= 0.3 is 12.2 Å². The lowest BCUT2D eigenvalue weighted by Gasteiger charge is -2.46. The number of hydrogen-bond donors (Lipinski definition) is 1. The first-order valence-corrected chi connectivity index (χ1v) is 9.85. The maximum absolute atomic E-state index is 12.9. The van der Waals surface area contributed by atoms with E-state index in [1.54, 1.807) is 11.9 Å². The van der Waals surface area contributed by atoms with Crippen molar-refractivity contribution in [3.63, 3.8) is 0 Å². The van der Waals surface area contributed by atoms with Crippen molar-refractivity contribution in [3.05, 3.63) is 35.9 Å². The largest absolute Gasteiger partial charge is 0.445 e. The fourth-order valence-electron chi connectivity index (χ4n) is 4.11. The Morgan fingerprint density at radius 2 is 2.00 bits per heavy atom. The summed E-state index contributed by atoms with van der Waals surface area (Å²) in [6.07, 6.45) is 1.04. The Hall–Kier alpha value is -2.28. The van der Waals surface area contributed by atoms with E-state index < -0.39 is 17.2 Å². The number of nitrogens with one attached hydrogen (secondary N) is 1. The van der Waals surface area contributed by atoms with Crippen LogP contribution >= 0.6 is 0 Å². The van der Waals surface area contributed by atoms with Crippen LogP contribution in [0.5, 0.6) is 0 Å². The van der Waals surface area contributed by atoms with Crippen LogP contribution in [0.3, 0.4) is 0 Å². The van der Waals surface area contributed by atoms with Gasteiger partial charge in [0.25, 0.3) is 0 Å². The van der Waals surface area contributed by atoms with Gasteiger partial charge in [0.2, 0.25) is 0 Å². The van der Waals surface area contributed by atoms with E-state index in [-0.39, 0.29) is 18.7 Å². The topological polar surface area (TPSA) is 71.1 Å². The molecule has 0 saturated carbocycles. The SMILES string of the molecule is CN(CC12CCC(CNC1)N2C(=O)OC(C)(C)C)C(=O)OCc1ccccc1. The second-order valence-corrected chi connectivity index (χ2v) is 8.79. The Balaban J connectivity index is 1.66. The summed E-state index contributed by atoms with van der Waals surface area (Å²) in [7, 11) is 1.72. The van der Waals surface area contributed by atoms with Gasteiger partial charge in [-0.1, -0.05) is 30.3 Å². The Bertz CT molecular complexity index is 699. The van der Waals surface area contributed by atoms with Crippen LogP contribution in [0.4, 0.5) is 9.59 Å². The molecule has 2 atom stereocenters. The Labute approximate surface area is 167 Å². The fourth-order valence-corrected chi connectivity index (χ4v) is 4.11. The van der Waals surface area contributed by atoms with Crippen LogP contribution < -0.4 is 5.32 Å². The lowest BCUT2D eigenvalue weighted by molar-refractivity contribution is -0.0172. The third kappa shape index (κ3) is 4.58. The molecule has 7 heteroatoms. The Morgan fingerprint density at radius 1 is 1.29 bits per heavy atom. The molecule has 2 aliphatic rings. The zero-order chi connectivity index (χ0) is 20.4. The number of amides is 2. The van der Waals surface area contributed by atoms with Crippen molar-refractivity contribution in [2.45, 2.75) is 57.4 Å². The highest BCUT2D eigenvalue weighted by Crippen LogP contribution is 2.38. The van der Waals surface area contributed by atoms with Crippen molar-refractivity contribution < 1.29 is 19.1 Å². The highest BCUT2D eigenvalue weighted by Gasteiger charge is 2.53. The van der Waals surface area contributed by atoms with E-state index in [1.165, 1.54) is 0 Å². The van der Waals surface area contributed by atoms with Crippen LogP contribution in [0.2, 0.25) is 0 Å². The molecular weight excluding hydrogens is 358 g/mol. The van der Waals surface area contributed by atoms with Gasteiger partial charge in [-0.05, 0) is 39.2 Å². The Kier molecular flexibility index (Phi) is 5.84. The number of carbonyl (C=O) groups excluding carboxylic acids is 2. The predicted octanol–water partition coefficient (Wildman–Crippen LogP) is 3.00. The fraction of sp³-hybridized carbons (Fsp3) is 0.619. The highest BCUT2D eigenvalue weighted by atomic mass is 16.6. The van der Waals surface area contributed by atoms with Gasteiger partial charge in [-0.2, -0.15) is 0 Å². The first-order valence-electron chi connectivity index (χ1n) is 9.85. The number of piperazine rings is 1. The highest BCUT2D eigenvalue weighted by molar-refractivity contribution is 5.71. The number of fused-ring (bicyclic) bond motifs is 2. The molecule has 154 valence electrons. The number of likely N-dealkylation sites (N-methyl/N-ethyl adjacent to an activating group) is 1. The van der Waals surface area contributed by atoms with E-state index in [0.717, 1.165) is 24.9 Å². The third-order valence-corrected chi connectivity index (χ3v) is 5.29. The van der Waals surface area contributed by atoms with Crippen molar-refractivity contribution in [1.29, 1.82) is 0 Å². The van der Waals surface area contributed by atoms with Crippen LogP contribution in [0.1, 0.15) is 39.2 Å². The quantitative estimate of drug-likeness (QED) is 0.857. The van der Waals surface area contributed by atoms with Gasteiger partial charge in [0.05, 0.1) is 5.54 Å². The van der Waals surface area contributed by atoms with Crippen LogP contribution in [-0.4, -0.2) is 65.9 Å². The molecule has 3 rings (SSSR count). The number of hydrogen-bond acceptors (Lipinski definition) is 5. The summed E-state index contributed by atoms with van der Waals surface area (Å²) < 4.78 is 11.1. The van der Waals surface area contributed by atoms with Gasteiger partial charge in [0.1, 0.15) is 12.2 Å². The predicted molar refractivity (Wildman–Crippen MR) is 106 cm³/mol. The van der Waals surface area contributed by atoms with Gasteiger partial charge in [0, 0.05) is 32.7 Å². The molecule has 28 heavy (non-hydrogen) atoms. The molecule has 7 nitrogen and oxygen atoms in total. The minimum atomic E-state index is -0.552. The van der Waals surface area contributed by atoms with E-state index in [9.17, 15) is 9.59 Å². The molecule has 1 N–H and O–H groups in total. The lowest BCUT2D eigenvalue weighted by atomic mass is 9.95. The summed E-state index contributed by atoms with van der Waals surface area (Å²) >= 11 is 0. The van der Waals surface area contributed by atoms with Crippen molar-refractivity contribution in [2.24, 2.45) is 0 Å². The summed E-state index contributed by atoms with van der Waals surface area (Å²) in [6.45, 7) is 7.64. The summed E-state index contributed by atoms with van der Waals surface area (Å²) in [5.74, 6) is 0. The van der Waals surface area contributed by atoms with Gasteiger partial charge in [-0.15, -0.1) is 0 Å². The summed E-state index contributed by atoms with van der Waals surface area (Å²) in [4.78, 5) is 28.8. The van der Waals surface area contributed by atoms with E-state index in [4.69, 9.17) is 9.47 Å². The molecule has 2 bridgehead atoms.